The number of aromatic nitrogens is 1. The van der Waals surface area contributed by atoms with Gasteiger partial charge in [-0.05, 0) is 19.9 Å². The van der Waals surface area contributed by atoms with Gasteiger partial charge in [0.25, 0.3) is 0 Å². The van der Waals surface area contributed by atoms with Gasteiger partial charge in [-0.25, -0.2) is 4.98 Å². The van der Waals surface area contributed by atoms with Crippen LogP contribution in [0.15, 0.2) is 29.6 Å². The van der Waals surface area contributed by atoms with Gasteiger partial charge in [0.1, 0.15) is 5.75 Å². The summed E-state index contributed by atoms with van der Waals surface area (Å²) in [4.78, 5) is 4.35. The van der Waals surface area contributed by atoms with Crippen molar-refractivity contribution in [3.8, 4) is 5.75 Å². The normalized spacial score (nSPS) is 12.3. The second-order valence-corrected chi connectivity index (χ2v) is 6.65. The third kappa shape index (κ3) is 4.14. The molecule has 1 heterocycles. The lowest BCUT2D eigenvalue weighted by atomic mass is 10.2. The first-order valence-corrected chi connectivity index (χ1v) is 8.52. The summed E-state index contributed by atoms with van der Waals surface area (Å²) in [7, 11) is -0.958. The Morgan fingerprint density at radius 3 is 2.79 bits per heavy atom. The quantitative estimate of drug-likeness (QED) is 0.821. The highest BCUT2D eigenvalue weighted by molar-refractivity contribution is 7.83. The molecule has 0 bridgehead atoms. The van der Waals surface area contributed by atoms with Crippen molar-refractivity contribution in [2.75, 3.05) is 6.61 Å². The van der Waals surface area contributed by atoms with E-state index in [1.54, 1.807) is 11.3 Å². The van der Waals surface area contributed by atoms with E-state index >= 15 is 0 Å². The predicted octanol–water partition coefficient (Wildman–Crippen LogP) is 3.30. The molecule has 0 aliphatic carbocycles. The summed E-state index contributed by atoms with van der Waals surface area (Å²) >= 11 is 1.59. The highest BCUT2D eigenvalue weighted by Crippen LogP contribution is 2.21. The minimum Gasteiger partial charge on any atom is -0.494 e. The molecule has 0 radical (unpaired) electrons. The molecule has 0 spiro atoms. The van der Waals surface area contributed by atoms with Crippen LogP contribution in [0, 0.1) is 6.92 Å². The number of benzene rings is 1. The molecule has 0 aliphatic heterocycles. The minimum atomic E-state index is -0.958. The molecule has 0 N–H and O–H groups in total. The fourth-order valence-corrected chi connectivity index (χ4v) is 3.67. The Bertz CT molecular complexity index is 566. The Morgan fingerprint density at radius 2 is 2.11 bits per heavy atom. The highest BCUT2D eigenvalue weighted by atomic mass is 32.2. The molecule has 102 valence electrons. The van der Waals surface area contributed by atoms with Crippen LogP contribution in [0.1, 0.15) is 23.2 Å². The molecule has 0 saturated heterocycles. The Hall–Kier alpha value is -1.20. The summed E-state index contributed by atoms with van der Waals surface area (Å²) < 4.78 is 17.7. The molecule has 0 unspecified atom stereocenters. The summed E-state index contributed by atoms with van der Waals surface area (Å²) in [5.41, 5.74) is 1.91. The van der Waals surface area contributed by atoms with Crippen LogP contribution >= 0.6 is 11.3 Å². The number of nitrogens with zero attached hydrogens (tertiary/aromatic N) is 1. The zero-order valence-electron chi connectivity index (χ0n) is 11.1. The van der Waals surface area contributed by atoms with Crippen molar-refractivity contribution < 1.29 is 8.95 Å². The van der Waals surface area contributed by atoms with Gasteiger partial charge in [-0.2, -0.15) is 0 Å². The summed E-state index contributed by atoms with van der Waals surface area (Å²) in [6, 6.07) is 7.77. The zero-order valence-corrected chi connectivity index (χ0v) is 12.7. The van der Waals surface area contributed by atoms with Crippen molar-refractivity contribution >= 4 is 22.1 Å². The van der Waals surface area contributed by atoms with Gasteiger partial charge in [0.05, 0.1) is 28.8 Å². The first-order valence-electron chi connectivity index (χ1n) is 6.15. The van der Waals surface area contributed by atoms with Crippen LogP contribution in [-0.2, 0) is 22.3 Å². The summed E-state index contributed by atoms with van der Waals surface area (Å²) in [6.45, 7) is 4.53. The molecule has 1 aromatic carbocycles. The molecule has 2 aromatic rings. The topological polar surface area (TPSA) is 39.2 Å². The van der Waals surface area contributed by atoms with Crippen LogP contribution in [0.5, 0.6) is 5.75 Å². The Kier molecular flexibility index (Phi) is 5.10. The maximum absolute atomic E-state index is 12.2. The van der Waals surface area contributed by atoms with Crippen LogP contribution in [0.2, 0.25) is 0 Å². The van der Waals surface area contributed by atoms with Crippen molar-refractivity contribution in [1.82, 2.24) is 4.98 Å². The van der Waals surface area contributed by atoms with Gasteiger partial charge in [0.2, 0.25) is 0 Å². The minimum absolute atomic E-state index is 0.505. The second kappa shape index (κ2) is 6.82. The van der Waals surface area contributed by atoms with Crippen molar-refractivity contribution in [2.45, 2.75) is 25.4 Å². The number of thiazole rings is 1. The molecule has 1 atom stereocenters. The maximum atomic E-state index is 12.2. The number of hydrogen-bond acceptors (Lipinski definition) is 4. The van der Waals surface area contributed by atoms with E-state index in [1.807, 2.05) is 43.5 Å². The third-order valence-electron chi connectivity index (χ3n) is 2.56. The smallest absolute Gasteiger partial charge is 0.123 e. The molecule has 3 nitrogen and oxygen atoms in total. The van der Waals surface area contributed by atoms with Gasteiger partial charge >= 0.3 is 0 Å². The lowest BCUT2D eigenvalue weighted by Gasteiger charge is -2.09. The van der Waals surface area contributed by atoms with Crippen LogP contribution < -0.4 is 4.74 Å². The number of para-hydroxylation sites is 1. The molecule has 0 amide bonds. The van der Waals surface area contributed by atoms with Gasteiger partial charge in [-0.1, -0.05) is 18.2 Å². The molecule has 0 aliphatic rings. The van der Waals surface area contributed by atoms with E-state index in [0.29, 0.717) is 18.1 Å². The fraction of sp³-hybridized carbons (Fsp3) is 0.357. The zero-order chi connectivity index (χ0) is 13.7. The number of aryl methyl sites for hydroxylation is 1. The number of ether oxygens (including phenoxy) is 1. The van der Waals surface area contributed by atoms with Gasteiger partial charge in [-0.3, -0.25) is 4.21 Å². The van der Waals surface area contributed by atoms with E-state index in [4.69, 9.17) is 4.74 Å². The second-order valence-electron chi connectivity index (χ2n) is 4.13. The van der Waals surface area contributed by atoms with Gasteiger partial charge in [-0.15, -0.1) is 11.3 Å². The van der Waals surface area contributed by atoms with Crippen molar-refractivity contribution in [3.05, 3.63) is 45.9 Å². The summed E-state index contributed by atoms with van der Waals surface area (Å²) in [5, 5.41) is 2.99. The first-order chi connectivity index (χ1) is 9.19. The van der Waals surface area contributed by atoms with E-state index in [-0.39, 0.29) is 0 Å². The molecule has 19 heavy (non-hydrogen) atoms. The van der Waals surface area contributed by atoms with Crippen LogP contribution in [-0.4, -0.2) is 15.8 Å². The molecule has 0 fully saturated rings. The van der Waals surface area contributed by atoms with E-state index in [9.17, 15) is 4.21 Å². The van der Waals surface area contributed by atoms with Crippen molar-refractivity contribution in [2.24, 2.45) is 0 Å². The largest absolute Gasteiger partial charge is 0.494 e. The molecule has 5 heteroatoms. The monoisotopic (exact) mass is 295 g/mol. The molecular weight excluding hydrogens is 278 g/mol. The average Bonchev–Trinajstić information content (AvgIpc) is 2.77. The molecule has 1 aromatic heterocycles. The van der Waals surface area contributed by atoms with Crippen molar-refractivity contribution in [1.29, 1.82) is 0 Å². The van der Waals surface area contributed by atoms with E-state index < -0.39 is 10.8 Å². The van der Waals surface area contributed by atoms with E-state index in [0.717, 1.165) is 22.0 Å². The van der Waals surface area contributed by atoms with Crippen LogP contribution in [0.3, 0.4) is 0 Å². The average molecular weight is 295 g/mol. The Balaban J connectivity index is 2.02. The van der Waals surface area contributed by atoms with Gasteiger partial charge in [0, 0.05) is 21.7 Å². The first kappa shape index (κ1) is 14.2. The fourth-order valence-electron chi connectivity index (χ4n) is 1.78. The molecule has 0 saturated carbocycles. The van der Waals surface area contributed by atoms with Gasteiger partial charge < -0.3 is 4.74 Å². The third-order valence-corrected chi connectivity index (χ3v) is 4.64. The highest BCUT2D eigenvalue weighted by Gasteiger charge is 2.09. The van der Waals surface area contributed by atoms with Crippen molar-refractivity contribution in [3.63, 3.8) is 0 Å². The van der Waals surface area contributed by atoms with E-state index in [1.165, 1.54) is 0 Å². The number of rotatable bonds is 6. The van der Waals surface area contributed by atoms with Gasteiger partial charge in [0.15, 0.2) is 0 Å². The maximum Gasteiger partial charge on any atom is 0.123 e. The standard InChI is InChI=1S/C14H17NO2S2/c1-3-17-14-7-5-4-6-12(14)9-19(16)10-13-8-18-11(2)15-13/h4-8H,3,9-10H2,1-2H3/t19-/m0/s1. The Labute approximate surface area is 120 Å². The Morgan fingerprint density at radius 1 is 1.32 bits per heavy atom. The van der Waals surface area contributed by atoms with E-state index in [2.05, 4.69) is 4.98 Å². The lowest BCUT2D eigenvalue weighted by molar-refractivity contribution is 0.337. The molecule has 2 rings (SSSR count). The predicted molar refractivity (Wildman–Crippen MR) is 80.0 cm³/mol. The summed E-state index contributed by atoms with van der Waals surface area (Å²) in [6.07, 6.45) is 0. The number of hydrogen-bond donors (Lipinski definition) is 0. The lowest BCUT2D eigenvalue weighted by Crippen LogP contribution is -2.03. The van der Waals surface area contributed by atoms with Crippen LogP contribution in [0.4, 0.5) is 0 Å². The summed E-state index contributed by atoms with van der Waals surface area (Å²) in [5.74, 6) is 1.84. The molecular formula is C14H17NO2S2. The van der Waals surface area contributed by atoms with Crippen LogP contribution in [0.25, 0.3) is 0 Å². The SMILES string of the molecule is CCOc1ccccc1C[S@](=O)Cc1csc(C)n1.